The number of thioether (sulfide) groups is 1. The lowest BCUT2D eigenvalue weighted by atomic mass is 9.78. The molecule has 1 amide bonds. The number of nitro benzene ring substituents is 1. The van der Waals surface area contributed by atoms with Crippen LogP contribution in [0.5, 0.6) is 0 Å². The molecule has 1 aromatic heterocycles. The molecule has 4 rings (SSSR count). The Balaban J connectivity index is 1.38. The fraction of sp³-hybridized carbons (Fsp3) is 0.526. The summed E-state index contributed by atoms with van der Waals surface area (Å²) in [5.74, 6) is 1.25. The summed E-state index contributed by atoms with van der Waals surface area (Å²) in [5.41, 5.74) is 0.452. The number of carbonyl (C=O) groups excluding carboxylic acids is 1. The molecule has 2 aliphatic rings. The lowest BCUT2D eigenvalue weighted by Crippen LogP contribution is -2.50. The van der Waals surface area contributed by atoms with Gasteiger partial charge in [0.15, 0.2) is 0 Å². The predicted molar refractivity (Wildman–Crippen MR) is 104 cm³/mol. The quantitative estimate of drug-likeness (QED) is 0.424. The van der Waals surface area contributed by atoms with Gasteiger partial charge < -0.3 is 9.32 Å². The first kappa shape index (κ1) is 18.9. The second-order valence-corrected chi connectivity index (χ2v) is 8.24. The van der Waals surface area contributed by atoms with Crippen molar-refractivity contribution in [3.63, 3.8) is 0 Å². The fourth-order valence-electron chi connectivity index (χ4n) is 4.28. The number of carbonyl (C=O) groups is 1. The molecular formula is C19H22N4O4S. The molecule has 2 atom stereocenters. The summed E-state index contributed by atoms with van der Waals surface area (Å²) < 4.78 is 5.60. The van der Waals surface area contributed by atoms with Gasteiger partial charge in [-0.1, -0.05) is 30.7 Å². The molecule has 0 radical (unpaired) electrons. The van der Waals surface area contributed by atoms with Gasteiger partial charge in [-0.25, -0.2) is 0 Å². The van der Waals surface area contributed by atoms with Crippen molar-refractivity contribution in [3.8, 4) is 11.5 Å². The smallest absolute Gasteiger partial charge is 0.277 e. The Morgan fingerprint density at radius 3 is 2.93 bits per heavy atom. The van der Waals surface area contributed by atoms with E-state index in [9.17, 15) is 14.9 Å². The normalized spacial score (nSPS) is 21.9. The first-order valence-electron chi connectivity index (χ1n) is 9.62. The van der Waals surface area contributed by atoms with Crippen LogP contribution < -0.4 is 0 Å². The van der Waals surface area contributed by atoms with Gasteiger partial charge in [0.05, 0.1) is 10.7 Å². The number of non-ortho nitro benzene ring substituents is 1. The molecule has 0 bridgehead atoms. The van der Waals surface area contributed by atoms with E-state index >= 15 is 0 Å². The molecule has 1 aliphatic carbocycles. The van der Waals surface area contributed by atoms with Crippen molar-refractivity contribution in [2.24, 2.45) is 5.92 Å². The summed E-state index contributed by atoms with van der Waals surface area (Å²) >= 11 is 1.22. The van der Waals surface area contributed by atoms with E-state index in [1.54, 1.807) is 12.1 Å². The van der Waals surface area contributed by atoms with Gasteiger partial charge in [0.1, 0.15) is 0 Å². The molecule has 0 spiro atoms. The summed E-state index contributed by atoms with van der Waals surface area (Å²) in [6.45, 7) is 0.837. The van der Waals surface area contributed by atoms with Crippen molar-refractivity contribution in [2.75, 3.05) is 12.3 Å². The maximum absolute atomic E-state index is 12.8. The molecule has 0 N–H and O–H groups in total. The van der Waals surface area contributed by atoms with Gasteiger partial charge in [-0.3, -0.25) is 14.9 Å². The van der Waals surface area contributed by atoms with E-state index < -0.39 is 4.92 Å². The zero-order valence-electron chi connectivity index (χ0n) is 15.5. The molecule has 1 saturated carbocycles. The van der Waals surface area contributed by atoms with Gasteiger partial charge in [0, 0.05) is 30.3 Å². The number of hydrogen-bond donors (Lipinski definition) is 0. The van der Waals surface area contributed by atoms with Crippen molar-refractivity contribution >= 4 is 23.4 Å². The number of nitro groups is 1. The minimum Gasteiger partial charge on any atom is -0.411 e. The fourth-order valence-corrected chi connectivity index (χ4v) is 4.93. The predicted octanol–water partition coefficient (Wildman–Crippen LogP) is 3.92. The standard InChI is InChI=1S/C19H22N4O4S/c24-17(22-10-4-7-13-5-1-2-9-16(13)22)12-28-19-21-20-18(27-19)14-6-3-8-15(11-14)23(25)26/h3,6,8,11,13,16H,1-2,4-5,7,9-10,12H2/t13-,16-/m0/s1. The van der Waals surface area contributed by atoms with E-state index in [0.717, 1.165) is 19.4 Å². The van der Waals surface area contributed by atoms with Crippen LogP contribution in [-0.4, -0.2) is 44.3 Å². The lowest BCUT2D eigenvalue weighted by Gasteiger charge is -2.44. The van der Waals surface area contributed by atoms with Gasteiger partial charge in [-0.2, -0.15) is 0 Å². The van der Waals surface area contributed by atoms with Crippen LogP contribution in [0.2, 0.25) is 0 Å². The second-order valence-electron chi connectivity index (χ2n) is 7.31. The number of aromatic nitrogens is 2. The first-order chi connectivity index (χ1) is 13.6. The Labute approximate surface area is 166 Å². The maximum Gasteiger partial charge on any atom is 0.277 e. The number of benzene rings is 1. The molecule has 1 aromatic carbocycles. The molecule has 2 heterocycles. The van der Waals surface area contributed by atoms with E-state index in [4.69, 9.17) is 4.42 Å². The molecule has 28 heavy (non-hydrogen) atoms. The van der Waals surface area contributed by atoms with Crippen LogP contribution in [0.15, 0.2) is 33.9 Å². The number of rotatable bonds is 5. The summed E-state index contributed by atoms with van der Waals surface area (Å²) in [5, 5.41) is 19.1. The molecule has 0 unspecified atom stereocenters. The number of fused-ring (bicyclic) bond motifs is 1. The number of likely N-dealkylation sites (tertiary alicyclic amines) is 1. The average molecular weight is 402 g/mol. The Hall–Kier alpha value is -2.42. The van der Waals surface area contributed by atoms with Gasteiger partial charge >= 0.3 is 0 Å². The highest BCUT2D eigenvalue weighted by atomic mass is 32.2. The molecule has 2 aromatic rings. The van der Waals surface area contributed by atoms with Crippen LogP contribution >= 0.6 is 11.8 Å². The van der Waals surface area contributed by atoms with Crippen LogP contribution in [0.1, 0.15) is 38.5 Å². The van der Waals surface area contributed by atoms with E-state index in [-0.39, 0.29) is 23.2 Å². The van der Waals surface area contributed by atoms with Crippen LogP contribution in [-0.2, 0) is 4.79 Å². The highest BCUT2D eigenvalue weighted by molar-refractivity contribution is 7.99. The molecule has 1 saturated heterocycles. The highest BCUT2D eigenvalue weighted by Crippen LogP contribution is 2.36. The van der Waals surface area contributed by atoms with Crippen molar-refractivity contribution in [1.29, 1.82) is 0 Å². The monoisotopic (exact) mass is 402 g/mol. The van der Waals surface area contributed by atoms with Gasteiger partial charge in [0.2, 0.25) is 11.8 Å². The molecule has 8 nitrogen and oxygen atoms in total. The summed E-state index contributed by atoms with van der Waals surface area (Å²) in [6.07, 6.45) is 7.14. The Morgan fingerprint density at radius 1 is 1.25 bits per heavy atom. The number of piperidine rings is 1. The molecule has 1 aliphatic heterocycles. The Morgan fingerprint density at radius 2 is 2.07 bits per heavy atom. The summed E-state index contributed by atoms with van der Waals surface area (Å²) in [4.78, 5) is 25.3. The lowest BCUT2D eigenvalue weighted by molar-refractivity contribution is -0.384. The van der Waals surface area contributed by atoms with Crippen molar-refractivity contribution < 1.29 is 14.1 Å². The topological polar surface area (TPSA) is 102 Å². The Kier molecular flexibility index (Phi) is 5.61. The van der Waals surface area contributed by atoms with Gasteiger partial charge in [-0.15, -0.1) is 10.2 Å². The first-order valence-corrected chi connectivity index (χ1v) is 10.6. The van der Waals surface area contributed by atoms with Crippen LogP contribution in [0.3, 0.4) is 0 Å². The van der Waals surface area contributed by atoms with Crippen molar-refractivity contribution in [3.05, 3.63) is 34.4 Å². The molecule has 148 valence electrons. The molecular weight excluding hydrogens is 380 g/mol. The minimum absolute atomic E-state index is 0.0350. The summed E-state index contributed by atoms with van der Waals surface area (Å²) in [7, 11) is 0. The number of amides is 1. The number of nitrogens with zero attached hydrogens (tertiary/aromatic N) is 4. The third-order valence-electron chi connectivity index (χ3n) is 5.59. The molecule has 9 heteroatoms. The SMILES string of the molecule is O=C(CSc1nnc(-c2cccc([N+](=O)[O-])c2)o1)N1CCC[C@@H]2CCCC[C@@H]21. The van der Waals surface area contributed by atoms with Crippen LogP contribution in [0, 0.1) is 16.0 Å². The van der Waals surface area contributed by atoms with Crippen molar-refractivity contribution in [2.45, 2.75) is 49.8 Å². The molecule has 2 fully saturated rings. The number of hydrogen-bond acceptors (Lipinski definition) is 7. The zero-order valence-corrected chi connectivity index (χ0v) is 16.3. The van der Waals surface area contributed by atoms with Gasteiger partial charge in [0.25, 0.3) is 10.9 Å². The second kappa shape index (κ2) is 8.30. The third-order valence-corrected chi connectivity index (χ3v) is 6.40. The van der Waals surface area contributed by atoms with E-state index in [1.165, 1.54) is 49.6 Å². The largest absolute Gasteiger partial charge is 0.411 e. The van der Waals surface area contributed by atoms with E-state index in [2.05, 4.69) is 15.1 Å². The van der Waals surface area contributed by atoms with Gasteiger partial charge in [-0.05, 0) is 37.7 Å². The van der Waals surface area contributed by atoms with Crippen LogP contribution in [0.4, 0.5) is 5.69 Å². The van der Waals surface area contributed by atoms with E-state index in [1.807, 2.05) is 0 Å². The van der Waals surface area contributed by atoms with Crippen LogP contribution in [0.25, 0.3) is 11.5 Å². The highest BCUT2D eigenvalue weighted by Gasteiger charge is 2.35. The maximum atomic E-state index is 12.8. The minimum atomic E-state index is -0.467. The van der Waals surface area contributed by atoms with E-state index in [0.29, 0.717) is 22.7 Å². The van der Waals surface area contributed by atoms with Crippen molar-refractivity contribution in [1.82, 2.24) is 15.1 Å². The Bertz CT molecular complexity index is 869. The summed E-state index contributed by atoms with van der Waals surface area (Å²) in [6, 6.07) is 6.44. The average Bonchev–Trinajstić information content (AvgIpc) is 3.21. The third kappa shape index (κ3) is 4.04. The zero-order chi connectivity index (χ0) is 19.5.